The van der Waals surface area contributed by atoms with Gasteiger partial charge in [-0.15, -0.1) is 0 Å². The first-order valence-electron chi connectivity index (χ1n) is 6.24. The molecule has 1 aromatic rings. The van der Waals surface area contributed by atoms with Crippen LogP contribution in [0.2, 0.25) is 0 Å². The van der Waals surface area contributed by atoms with Crippen LogP contribution in [-0.4, -0.2) is 28.5 Å². The molecular weight excluding hydrogens is 246 g/mol. The lowest BCUT2D eigenvalue weighted by Crippen LogP contribution is -2.27. The minimum Gasteiger partial charge on any atom is -0.508 e. The molecule has 0 aromatic heterocycles. The molecule has 5 heteroatoms. The van der Waals surface area contributed by atoms with E-state index in [2.05, 4.69) is 5.32 Å². The van der Waals surface area contributed by atoms with Gasteiger partial charge in [0.05, 0.1) is 0 Å². The van der Waals surface area contributed by atoms with E-state index < -0.39 is 11.7 Å². The van der Waals surface area contributed by atoms with Crippen LogP contribution in [0.5, 0.6) is 5.75 Å². The second kappa shape index (κ2) is 6.43. The van der Waals surface area contributed by atoms with Crippen LogP contribution in [0.3, 0.4) is 0 Å². The summed E-state index contributed by atoms with van der Waals surface area (Å²) in [6, 6.07) is 4.68. The average molecular weight is 267 g/mol. The summed E-state index contributed by atoms with van der Waals surface area (Å²) >= 11 is 0. The maximum Gasteiger partial charge on any atom is 0.412 e. The zero-order valence-electron chi connectivity index (χ0n) is 11.6. The fourth-order valence-electron chi connectivity index (χ4n) is 1.59. The summed E-state index contributed by atoms with van der Waals surface area (Å²) in [7, 11) is 0. The molecule has 0 saturated carbocycles. The Morgan fingerprint density at radius 3 is 2.63 bits per heavy atom. The molecule has 0 bridgehead atoms. The largest absolute Gasteiger partial charge is 0.508 e. The number of hydrogen-bond donors (Lipinski definition) is 3. The second-order valence-corrected chi connectivity index (χ2v) is 5.30. The zero-order valence-corrected chi connectivity index (χ0v) is 11.6. The van der Waals surface area contributed by atoms with E-state index in [-0.39, 0.29) is 12.4 Å². The van der Waals surface area contributed by atoms with Gasteiger partial charge in [-0.25, -0.2) is 4.79 Å². The van der Waals surface area contributed by atoms with Crippen molar-refractivity contribution in [1.82, 2.24) is 0 Å². The zero-order chi connectivity index (χ0) is 14.5. The van der Waals surface area contributed by atoms with Crippen LogP contribution < -0.4 is 5.32 Å². The molecule has 0 heterocycles. The van der Waals surface area contributed by atoms with Crippen LogP contribution in [0, 0.1) is 0 Å². The Hall–Kier alpha value is -1.75. The number of phenolic OH excluding ortho intramolecular Hbond substituents is 1. The lowest BCUT2D eigenvalue weighted by Gasteiger charge is -2.20. The highest BCUT2D eigenvalue weighted by Crippen LogP contribution is 2.23. The molecule has 0 aliphatic rings. The molecule has 0 atom stereocenters. The highest BCUT2D eigenvalue weighted by molar-refractivity contribution is 5.86. The number of hydrogen-bond acceptors (Lipinski definition) is 4. The molecule has 1 aromatic carbocycles. The van der Waals surface area contributed by atoms with Gasteiger partial charge < -0.3 is 14.9 Å². The van der Waals surface area contributed by atoms with Crippen molar-refractivity contribution >= 4 is 11.8 Å². The predicted octanol–water partition coefficient (Wildman–Crippen LogP) is 2.66. The summed E-state index contributed by atoms with van der Waals surface area (Å²) in [4.78, 5) is 11.7. The predicted molar refractivity (Wildman–Crippen MR) is 73.4 cm³/mol. The van der Waals surface area contributed by atoms with Gasteiger partial charge in [0, 0.05) is 12.3 Å². The molecule has 1 rings (SSSR count). The van der Waals surface area contributed by atoms with Gasteiger partial charge in [0.1, 0.15) is 11.4 Å². The fraction of sp³-hybridized carbons (Fsp3) is 0.500. The molecule has 0 unspecified atom stereocenters. The van der Waals surface area contributed by atoms with Gasteiger partial charge in [0.2, 0.25) is 0 Å². The van der Waals surface area contributed by atoms with Crippen molar-refractivity contribution in [1.29, 1.82) is 0 Å². The standard InChI is InChI=1S/C14H21NO4/c1-14(2,3)19-13(18)15-12-7-6-11(17)9-10(12)5-4-8-16/h6-7,9,16-17H,4-5,8H2,1-3H3,(H,15,18). The molecular formula is C14H21NO4. The first-order chi connectivity index (χ1) is 8.81. The van der Waals surface area contributed by atoms with Gasteiger partial charge in [-0.2, -0.15) is 0 Å². The first kappa shape index (κ1) is 15.3. The first-order valence-corrected chi connectivity index (χ1v) is 6.24. The number of aromatic hydroxyl groups is 1. The molecule has 0 saturated heterocycles. The number of carbonyl (C=O) groups excluding carboxylic acids is 1. The molecule has 106 valence electrons. The van der Waals surface area contributed by atoms with Gasteiger partial charge >= 0.3 is 6.09 Å². The third-order valence-electron chi connectivity index (χ3n) is 2.33. The third-order valence-corrected chi connectivity index (χ3v) is 2.33. The van der Waals surface area contributed by atoms with E-state index in [4.69, 9.17) is 9.84 Å². The Balaban J connectivity index is 2.79. The van der Waals surface area contributed by atoms with E-state index in [0.717, 1.165) is 5.56 Å². The number of aliphatic hydroxyl groups is 1. The Morgan fingerprint density at radius 2 is 2.05 bits per heavy atom. The SMILES string of the molecule is CC(C)(C)OC(=O)Nc1ccc(O)cc1CCCO. The van der Waals surface area contributed by atoms with Crippen molar-refractivity contribution in [2.24, 2.45) is 0 Å². The van der Waals surface area contributed by atoms with E-state index in [9.17, 15) is 9.90 Å². The number of benzene rings is 1. The lowest BCUT2D eigenvalue weighted by molar-refractivity contribution is 0.0635. The second-order valence-electron chi connectivity index (χ2n) is 5.30. The molecule has 0 aliphatic carbocycles. The Labute approximate surface area is 113 Å². The molecule has 0 fully saturated rings. The van der Waals surface area contributed by atoms with Gasteiger partial charge in [-0.3, -0.25) is 5.32 Å². The third kappa shape index (κ3) is 5.61. The van der Waals surface area contributed by atoms with Gasteiger partial charge in [0.15, 0.2) is 0 Å². The van der Waals surface area contributed by atoms with Crippen molar-refractivity contribution in [2.45, 2.75) is 39.2 Å². The number of aryl methyl sites for hydroxylation is 1. The van der Waals surface area contributed by atoms with E-state index >= 15 is 0 Å². The molecule has 3 N–H and O–H groups in total. The van der Waals surface area contributed by atoms with Crippen LogP contribution in [0.15, 0.2) is 18.2 Å². The lowest BCUT2D eigenvalue weighted by atomic mass is 10.1. The molecule has 5 nitrogen and oxygen atoms in total. The number of rotatable bonds is 4. The van der Waals surface area contributed by atoms with E-state index in [1.807, 2.05) is 0 Å². The topological polar surface area (TPSA) is 78.8 Å². The maximum absolute atomic E-state index is 11.7. The minimum atomic E-state index is -0.563. The minimum absolute atomic E-state index is 0.0571. The Kier molecular flexibility index (Phi) is 5.18. The molecule has 1 amide bonds. The van der Waals surface area contributed by atoms with Crippen molar-refractivity contribution in [3.63, 3.8) is 0 Å². The van der Waals surface area contributed by atoms with E-state index in [1.165, 1.54) is 6.07 Å². The molecule has 0 radical (unpaired) electrons. The number of aliphatic hydroxyl groups excluding tert-OH is 1. The molecule has 0 spiro atoms. The van der Waals surface area contributed by atoms with Gasteiger partial charge in [0.25, 0.3) is 0 Å². The van der Waals surface area contributed by atoms with Crippen LogP contribution in [0.1, 0.15) is 32.8 Å². The number of ether oxygens (including phenoxy) is 1. The van der Waals surface area contributed by atoms with Crippen LogP contribution in [0.4, 0.5) is 10.5 Å². The normalized spacial score (nSPS) is 11.2. The Morgan fingerprint density at radius 1 is 1.37 bits per heavy atom. The smallest absolute Gasteiger partial charge is 0.412 e. The highest BCUT2D eigenvalue weighted by atomic mass is 16.6. The number of carbonyl (C=O) groups is 1. The summed E-state index contributed by atoms with van der Waals surface area (Å²) in [6.45, 7) is 5.42. The van der Waals surface area contributed by atoms with Crippen LogP contribution >= 0.6 is 0 Å². The summed E-state index contributed by atoms with van der Waals surface area (Å²) in [5.74, 6) is 0.127. The Bertz CT molecular complexity index is 438. The molecule has 0 aliphatic heterocycles. The van der Waals surface area contributed by atoms with Crippen LogP contribution in [0.25, 0.3) is 0 Å². The van der Waals surface area contributed by atoms with Crippen molar-refractivity contribution in [2.75, 3.05) is 11.9 Å². The number of amides is 1. The van der Waals surface area contributed by atoms with E-state index in [0.29, 0.717) is 18.5 Å². The van der Waals surface area contributed by atoms with Gasteiger partial charge in [-0.05, 0) is 57.4 Å². The number of anilines is 1. The summed E-state index contributed by atoms with van der Waals surface area (Å²) in [5.41, 5.74) is 0.784. The summed E-state index contributed by atoms with van der Waals surface area (Å²) in [5, 5.41) is 20.9. The summed E-state index contributed by atoms with van der Waals surface area (Å²) < 4.78 is 5.17. The highest BCUT2D eigenvalue weighted by Gasteiger charge is 2.17. The van der Waals surface area contributed by atoms with Gasteiger partial charge in [-0.1, -0.05) is 0 Å². The maximum atomic E-state index is 11.7. The van der Waals surface area contributed by atoms with Crippen LogP contribution in [-0.2, 0) is 11.2 Å². The fourth-order valence-corrected chi connectivity index (χ4v) is 1.59. The number of phenols is 1. The number of nitrogens with one attached hydrogen (secondary N) is 1. The van der Waals surface area contributed by atoms with E-state index in [1.54, 1.807) is 32.9 Å². The van der Waals surface area contributed by atoms with Crippen molar-refractivity contribution < 1.29 is 19.7 Å². The quantitative estimate of drug-likeness (QED) is 0.733. The van der Waals surface area contributed by atoms with Crippen molar-refractivity contribution in [3.8, 4) is 5.75 Å². The molecule has 19 heavy (non-hydrogen) atoms. The average Bonchev–Trinajstić information content (AvgIpc) is 2.27. The van der Waals surface area contributed by atoms with Crippen molar-refractivity contribution in [3.05, 3.63) is 23.8 Å². The summed E-state index contributed by atoms with van der Waals surface area (Å²) in [6.07, 6.45) is 0.589. The monoisotopic (exact) mass is 267 g/mol.